The first-order valence-corrected chi connectivity index (χ1v) is 18.5. The molecule has 1 unspecified atom stereocenters. The van der Waals surface area contributed by atoms with Crippen LogP contribution in [-0.4, -0.2) is 78.2 Å². The van der Waals surface area contributed by atoms with Crippen molar-refractivity contribution in [3.05, 3.63) is 90.8 Å². The normalized spacial score (nSPS) is 16.5. The lowest BCUT2D eigenvalue weighted by Crippen LogP contribution is -2.38. The van der Waals surface area contributed by atoms with Gasteiger partial charge in [0.1, 0.15) is 11.4 Å². The van der Waals surface area contributed by atoms with Crippen molar-refractivity contribution in [3.8, 4) is 16.8 Å². The molecule has 12 nitrogen and oxygen atoms in total. The van der Waals surface area contributed by atoms with Crippen molar-refractivity contribution in [2.45, 2.75) is 77.3 Å². The number of benzene rings is 3. The Morgan fingerprint density at radius 2 is 1.69 bits per heavy atom. The van der Waals surface area contributed by atoms with Crippen LogP contribution in [0.3, 0.4) is 0 Å². The van der Waals surface area contributed by atoms with Gasteiger partial charge in [-0.3, -0.25) is 14.9 Å². The van der Waals surface area contributed by atoms with Crippen LogP contribution in [0.4, 0.5) is 26.2 Å². The number of Topliss-reactive ketones (excluding diaryl/α,β-unsaturated/α-hetero) is 1. The largest absolute Gasteiger partial charge is 0.444 e. The third-order valence-electron chi connectivity index (χ3n) is 9.15. The number of nitrogens with zero attached hydrogens (tertiary/aromatic N) is 3. The van der Waals surface area contributed by atoms with E-state index in [4.69, 9.17) is 18.9 Å². The minimum atomic E-state index is -0.779. The number of carbonyl (C=O) groups is 3. The number of piperidine rings is 1. The smallest absolute Gasteiger partial charge is 0.412 e. The molecule has 0 spiro atoms. The molecular formula is C41H48FN5O7. The molecule has 2 fully saturated rings. The number of imidazole rings is 1. The highest BCUT2D eigenvalue weighted by atomic mass is 19.1. The van der Waals surface area contributed by atoms with Crippen LogP contribution in [0.5, 0.6) is 0 Å². The summed E-state index contributed by atoms with van der Waals surface area (Å²) in [6.07, 6.45) is 8.34. The van der Waals surface area contributed by atoms with E-state index < -0.39 is 24.0 Å². The summed E-state index contributed by atoms with van der Waals surface area (Å²) < 4.78 is 39.1. The molecule has 4 aromatic rings. The molecule has 286 valence electrons. The van der Waals surface area contributed by atoms with Gasteiger partial charge < -0.3 is 33.7 Å². The lowest BCUT2D eigenvalue weighted by atomic mass is 9.98. The van der Waals surface area contributed by atoms with Gasteiger partial charge in [0, 0.05) is 54.6 Å². The summed E-state index contributed by atoms with van der Waals surface area (Å²) in [5.74, 6) is -1.34. The average Bonchev–Trinajstić information content (AvgIpc) is 3.70. The zero-order chi connectivity index (χ0) is 38.1. The number of nitrogens with one attached hydrogen (secondary N) is 2. The highest BCUT2D eigenvalue weighted by Crippen LogP contribution is 2.40. The summed E-state index contributed by atoms with van der Waals surface area (Å²) in [5.41, 5.74) is 3.05. The van der Waals surface area contributed by atoms with Gasteiger partial charge >= 0.3 is 6.09 Å². The number of ketones is 1. The lowest BCUT2D eigenvalue weighted by molar-refractivity contribution is -0.171. The molecule has 13 heteroatoms. The molecule has 2 amide bonds. The minimum Gasteiger partial charge on any atom is -0.444 e. The highest BCUT2D eigenvalue weighted by Gasteiger charge is 2.26. The fourth-order valence-electron chi connectivity index (χ4n) is 6.53. The summed E-state index contributed by atoms with van der Waals surface area (Å²) in [5, 5.41) is 5.67. The predicted molar refractivity (Wildman–Crippen MR) is 204 cm³/mol. The van der Waals surface area contributed by atoms with E-state index in [2.05, 4.69) is 20.5 Å². The van der Waals surface area contributed by atoms with Crippen molar-refractivity contribution in [1.82, 2.24) is 9.55 Å². The summed E-state index contributed by atoms with van der Waals surface area (Å²) in [4.78, 5) is 46.2. The second kappa shape index (κ2) is 17.8. The van der Waals surface area contributed by atoms with E-state index >= 15 is 0 Å². The molecule has 2 aliphatic heterocycles. The SMILES string of the molecule is CC(C)(C)OC(=O)Nc1cc(N2CCC(OCCOC3CCCCO3)CC2)c(-c2ccc(F)cc2)cc1NC(=O)CC(=O)c1cccc(-n2ccnc2)c1. The van der Waals surface area contributed by atoms with E-state index in [0.29, 0.717) is 43.0 Å². The van der Waals surface area contributed by atoms with Crippen LogP contribution < -0.4 is 15.5 Å². The monoisotopic (exact) mass is 741 g/mol. The van der Waals surface area contributed by atoms with Crippen molar-refractivity contribution < 1.29 is 37.7 Å². The van der Waals surface area contributed by atoms with Gasteiger partial charge in [-0.05, 0) is 94.8 Å². The van der Waals surface area contributed by atoms with E-state index in [1.807, 2.05) is 6.07 Å². The predicted octanol–water partition coefficient (Wildman–Crippen LogP) is 7.77. The molecule has 0 bridgehead atoms. The second-order valence-corrected chi connectivity index (χ2v) is 14.4. The number of amides is 2. The van der Waals surface area contributed by atoms with E-state index in [-0.39, 0.29) is 35.4 Å². The summed E-state index contributed by atoms with van der Waals surface area (Å²) in [6, 6.07) is 16.6. The number of aromatic nitrogens is 2. The van der Waals surface area contributed by atoms with Gasteiger partial charge in [0.25, 0.3) is 0 Å². The first kappa shape index (κ1) is 38.6. The highest BCUT2D eigenvalue weighted by molar-refractivity contribution is 6.12. The van der Waals surface area contributed by atoms with Crippen molar-refractivity contribution in [2.75, 3.05) is 48.4 Å². The third-order valence-corrected chi connectivity index (χ3v) is 9.15. The zero-order valence-corrected chi connectivity index (χ0v) is 31.0. The number of hydrogen-bond donors (Lipinski definition) is 2. The quantitative estimate of drug-likeness (QED) is 0.0801. The molecule has 2 aliphatic rings. The molecular weight excluding hydrogens is 693 g/mol. The Morgan fingerprint density at radius 1 is 0.926 bits per heavy atom. The van der Waals surface area contributed by atoms with Crippen LogP contribution in [-0.2, 0) is 23.7 Å². The van der Waals surface area contributed by atoms with E-state index in [0.717, 1.165) is 50.1 Å². The number of carbonyl (C=O) groups excluding carboxylic acids is 3. The van der Waals surface area contributed by atoms with Gasteiger partial charge in [-0.2, -0.15) is 0 Å². The van der Waals surface area contributed by atoms with Crippen LogP contribution in [0.25, 0.3) is 16.8 Å². The van der Waals surface area contributed by atoms with E-state index in [1.54, 1.807) is 86.5 Å². The van der Waals surface area contributed by atoms with Gasteiger partial charge in [-0.15, -0.1) is 0 Å². The fraction of sp³-hybridized carbons (Fsp3) is 0.415. The topological polar surface area (TPSA) is 133 Å². The number of anilines is 3. The van der Waals surface area contributed by atoms with Crippen LogP contribution in [0.2, 0.25) is 0 Å². The molecule has 0 saturated carbocycles. The van der Waals surface area contributed by atoms with E-state index in [1.165, 1.54) is 12.1 Å². The summed E-state index contributed by atoms with van der Waals surface area (Å²) in [6.45, 7) is 8.24. The van der Waals surface area contributed by atoms with Gasteiger partial charge in [0.2, 0.25) is 5.91 Å². The summed E-state index contributed by atoms with van der Waals surface area (Å²) in [7, 11) is 0. The maximum atomic E-state index is 14.1. The van der Waals surface area contributed by atoms with Crippen LogP contribution in [0, 0.1) is 5.82 Å². The molecule has 1 atom stereocenters. The molecule has 54 heavy (non-hydrogen) atoms. The van der Waals surface area contributed by atoms with Crippen molar-refractivity contribution in [2.24, 2.45) is 0 Å². The Bertz CT molecular complexity index is 1880. The number of rotatable bonds is 13. The third kappa shape index (κ3) is 10.7. The Balaban J connectivity index is 1.21. The first-order valence-electron chi connectivity index (χ1n) is 18.5. The molecule has 0 radical (unpaired) electrons. The van der Waals surface area contributed by atoms with Crippen LogP contribution >= 0.6 is 0 Å². The molecule has 3 heterocycles. The Morgan fingerprint density at radius 3 is 2.39 bits per heavy atom. The number of halogens is 1. The van der Waals surface area contributed by atoms with Gasteiger partial charge in [0.05, 0.1) is 43.4 Å². The molecule has 2 saturated heterocycles. The number of hydrogen-bond acceptors (Lipinski definition) is 9. The molecule has 0 aliphatic carbocycles. The summed E-state index contributed by atoms with van der Waals surface area (Å²) >= 11 is 0. The standard InChI is InChI=1S/C41H48FN5O7/c1-41(2,3)54-40(50)45-35-25-36(46-17-14-32(15-18-46)51-21-22-53-39-9-4-5-20-52-39)33(28-10-12-30(42)13-11-28)24-34(35)44-38(49)26-37(48)29-7-6-8-31(23-29)47-19-16-43-27-47/h6-8,10-13,16,19,23-25,27,32,39H,4-5,9,14-15,17-18,20-22,26H2,1-3H3,(H,44,49)(H,45,50). The van der Waals surface area contributed by atoms with Crippen molar-refractivity contribution in [1.29, 1.82) is 0 Å². The van der Waals surface area contributed by atoms with Crippen LogP contribution in [0.1, 0.15) is 69.7 Å². The molecule has 1 aromatic heterocycles. The fourth-order valence-corrected chi connectivity index (χ4v) is 6.53. The second-order valence-electron chi connectivity index (χ2n) is 14.4. The van der Waals surface area contributed by atoms with Gasteiger partial charge in [-0.1, -0.05) is 24.3 Å². The molecule has 2 N–H and O–H groups in total. The van der Waals surface area contributed by atoms with Crippen molar-refractivity contribution >= 4 is 34.8 Å². The van der Waals surface area contributed by atoms with Crippen molar-refractivity contribution in [3.63, 3.8) is 0 Å². The van der Waals surface area contributed by atoms with Crippen LogP contribution in [0.15, 0.2) is 79.4 Å². The maximum absolute atomic E-state index is 14.1. The Hall–Kier alpha value is -5.11. The Labute approximate surface area is 314 Å². The molecule has 6 rings (SSSR count). The number of ether oxygens (including phenoxy) is 4. The molecule has 3 aromatic carbocycles. The van der Waals surface area contributed by atoms with Gasteiger partial charge in [-0.25, -0.2) is 14.2 Å². The zero-order valence-electron chi connectivity index (χ0n) is 31.0. The first-order chi connectivity index (χ1) is 26.0. The minimum absolute atomic E-state index is 0.0440. The van der Waals surface area contributed by atoms with E-state index in [9.17, 15) is 18.8 Å². The lowest BCUT2D eigenvalue weighted by Gasteiger charge is -2.35. The maximum Gasteiger partial charge on any atom is 0.412 e. The van der Waals surface area contributed by atoms with Gasteiger partial charge in [0.15, 0.2) is 12.1 Å². The Kier molecular flexibility index (Phi) is 12.7. The average molecular weight is 742 g/mol.